The number of nitrogens with two attached hydrogens (primary N) is 1. The summed E-state index contributed by atoms with van der Waals surface area (Å²) in [5.74, 6) is 1.61. The molecule has 1 amide bonds. The average molecular weight is 662 g/mol. The predicted molar refractivity (Wildman–Crippen MR) is 181 cm³/mol. The molecule has 1 aromatic carbocycles. The summed E-state index contributed by atoms with van der Waals surface area (Å²) >= 11 is 0. The second kappa shape index (κ2) is 12.7. The van der Waals surface area contributed by atoms with E-state index in [1.807, 2.05) is 50.7 Å². The number of anilines is 3. The first kappa shape index (κ1) is 32.4. The third-order valence-electron chi connectivity index (χ3n) is 10.2. The lowest BCUT2D eigenvalue weighted by atomic mass is 9.73. The smallest absolute Gasteiger partial charge is 0.407 e. The average Bonchev–Trinajstić information content (AvgIpc) is 3.60. The summed E-state index contributed by atoms with van der Waals surface area (Å²) in [7, 11) is 0. The van der Waals surface area contributed by atoms with Gasteiger partial charge in [0, 0.05) is 42.9 Å². The summed E-state index contributed by atoms with van der Waals surface area (Å²) in [5, 5.41) is 21.0. The van der Waals surface area contributed by atoms with Crippen molar-refractivity contribution in [3.63, 3.8) is 0 Å². The molecular formula is C34H47N9O5. The molecule has 3 atom stereocenters. The van der Waals surface area contributed by atoms with Crippen LogP contribution in [0.15, 0.2) is 29.6 Å². The molecule has 1 unspecified atom stereocenters. The number of fused-ring (bicyclic) bond motifs is 2. The number of nitrogens with one attached hydrogen (secondary N) is 1. The summed E-state index contributed by atoms with van der Waals surface area (Å²) in [6, 6.07) is 5.72. The van der Waals surface area contributed by atoms with Crippen molar-refractivity contribution in [1.82, 2.24) is 25.1 Å². The Kier molecular flexibility index (Phi) is 8.56. The van der Waals surface area contributed by atoms with E-state index < -0.39 is 11.7 Å². The van der Waals surface area contributed by atoms with Gasteiger partial charge < -0.3 is 40.3 Å². The Hall–Kier alpha value is -4.17. The van der Waals surface area contributed by atoms with Crippen LogP contribution in [0, 0.1) is 5.41 Å². The number of carbonyl (C=O) groups is 1. The van der Waals surface area contributed by atoms with Gasteiger partial charge in [-0.25, -0.2) is 19.4 Å². The minimum Gasteiger partial charge on any atom is -0.444 e. The lowest BCUT2D eigenvalue weighted by Crippen LogP contribution is -2.55. The molecule has 258 valence electrons. The fraction of sp³-hybridized carbons (Fsp3) is 0.618. The fourth-order valence-electron chi connectivity index (χ4n) is 7.80. The van der Waals surface area contributed by atoms with Crippen LogP contribution in [0.1, 0.15) is 83.6 Å². The molecule has 0 bridgehead atoms. The van der Waals surface area contributed by atoms with Gasteiger partial charge in [0.05, 0.1) is 24.9 Å². The normalized spacial score (nSPS) is 24.6. The molecule has 1 spiro atoms. The third kappa shape index (κ3) is 6.00. The molecule has 0 radical (unpaired) electrons. The molecule has 6 heterocycles. The molecule has 14 heteroatoms. The molecule has 0 saturated carbocycles. The number of amidine groups is 1. The fourth-order valence-corrected chi connectivity index (χ4v) is 7.80. The van der Waals surface area contributed by atoms with Gasteiger partial charge in [-0.15, -0.1) is 5.10 Å². The Bertz CT molecular complexity index is 1690. The van der Waals surface area contributed by atoms with E-state index >= 15 is 0 Å². The van der Waals surface area contributed by atoms with Gasteiger partial charge in [-0.2, -0.15) is 0 Å². The molecular weight excluding hydrogens is 614 g/mol. The molecule has 4 aliphatic heterocycles. The van der Waals surface area contributed by atoms with Crippen LogP contribution in [0.2, 0.25) is 0 Å². The van der Waals surface area contributed by atoms with Crippen LogP contribution in [-0.4, -0.2) is 87.5 Å². The van der Waals surface area contributed by atoms with Gasteiger partial charge in [0.1, 0.15) is 11.4 Å². The Morgan fingerprint density at radius 1 is 1.17 bits per heavy atom. The number of benzene rings is 1. The molecule has 3 aromatic rings. The topological polar surface area (TPSA) is 165 Å². The van der Waals surface area contributed by atoms with Gasteiger partial charge in [0.25, 0.3) is 0 Å². The second-order valence-corrected chi connectivity index (χ2v) is 14.5. The Labute approximate surface area is 280 Å². The highest BCUT2D eigenvalue weighted by Gasteiger charge is 2.50. The minimum atomic E-state index is -0.571. The predicted octanol–water partition coefficient (Wildman–Crippen LogP) is 4.60. The molecule has 0 aliphatic carbocycles. The van der Waals surface area contributed by atoms with E-state index in [4.69, 9.17) is 35.0 Å². The van der Waals surface area contributed by atoms with Gasteiger partial charge in [-0.05, 0) is 84.3 Å². The number of aromatic nitrogens is 4. The quantitative estimate of drug-likeness (QED) is 0.151. The molecule has 3 saturated heterocycles. The van der Waals surface area contributed by atoms with E-state index in [-0.39, 0.29) is 29.6 Å². The number of alkyl carbamates (subject to hydrolysis) is 1. The zero-order chi connectivity index (χ0) is 33.6. The van der Waals surface area contributed by atoms with Crippen molar-refractivity contribution in [2.45, 2.75) is 96.6 Å². The number of hydrogen-bond donors (Lipinski definition) is 3. The maximum atomic E-state index is 12.7. The first-order valence-electron chi connectivity index (χ1n) is 17.2. The summed E-state index contributed by atoms with van der Waals surface area (Å²) in [6.45, 7) is 11.2. The number of ether oxygens (including phenoxy) is 3. The van der Waals surface area contributed by atoms with E-state index in [2.05, 4.69) is 26.3 Å². The van der Waals surface area contributed by atoms with Crippen LogP contribution in [0.3, 0.4) is 0 Å². The lowest BCUT2D eigenvalue weighted by molar-refractivity contribution is -0.0368. The highest BCUT2D eigenvalue weighted by molar-refractivity contribution is 6.00. The number of hydrogen-bond acceptors (Lipinski definition) is 11. The first-order chi connectivity index (χ1) is 23.1. The van der Waals surface area contributed by atoms with Gasteiger partial charge in [0.2, 0.25) is 0 Å². The molecule has 14 nitrogen and oxygen atoms in total. The number of nitrogens with zero attached hydrogens (tertiary/aromatic N) is 7. The van der Waals surface area contributed by atoms with Crippen LogP contribution in [-0.2, 0) is 20.6 Å². The second-order valence-electron chi connectivity index (χ2n) is 14.5. The third-order valence-corrected chi connectivity index (χ3v) is 10.2. The van der Waals surface area contributed by atoms with E-state index in [1.165, 1.54) is 0 Å². The highest BCUT2D eigenvalue weighted by Crippen LogP contribution is 2.44. The number of rotatable bonds is 5. The Morgan fingerprint density at radius 2 is 1.98 bits per heavy atom. The van der Waals surface area contributed by atoms with Crippen molar-refractivity contribution >= 4 is 40.4 Å². The largest absolute Gasteiger partial charge is 0.444 e. The molecule has 48 heavy (non-hydrogen) atoms. The van der Waals surface area contributed by atoms with Gasteiger partial charge in [-0.1, -0.05) is 17.3 Å². The van der Waals surface area contributed by atoms with Crippen molar-refractivity contribution in [2.75, 3.05) is 42.6 Å². The summed E-state index contributed by atoms with van der Waals surface area (Å²) in [5.41, 5.74) is 9.43. The van der Waals surface area contributed by atoms with Gasteiger partial charge in [0.15, 0.2) is 29.0 Å². The summed E-state index contributed by atoms with van der Waals surface area (Å²) in [4.78, 5) is 27.4. The molecule has 4 N–H and O–H groups in total. The number of piperidine rings is 1. The van der Waals surface area contributed by atoms with Crippen LogP contribution in [0.4, 0.5) is 22.1 Å². The van der Waals surface area contributed by atoms with Crippen LogP contribution in [0.5, 0.6) is 0 Å². The van der Waals surface area contributed by atoms with E-state index in [0.29, 0.717) is 24.4 Å². The molecule has 2 aromatic heterocycles. The SMILES string of the molecule is C[C@@H]1OCC2(CCN(c3cnc4c(N5CCCc6c(/C(N)=N/O)cccc65)nn(C5CCCCO5)c4n3)CC2)[C@@H]1NC(=O)OC(C)(C)C. The molecule has 7 rings (SSSR count). The minimum absolute atomic E-state index is 0.0954. The van der Waals surface area contributed by atoms with Crippen molar-refractivity contribution in [1.29, 1.82) is 0 Å². The highest BCUT2D eigenvalue weighted by atomic mass is 16.6. The number of carbonyl (C=O) groups excluding carboxylic acids is 1. The van der Waals surface area contributed by atoms with Crippen LogP contribution in [0.25, 0.3) is 11.2 Å². The van der Waals surface area contributed by atoms with Crippen LogP contribution >= 0.6 is 0 Å². The van der Waals surface area contributed by atoms with E-state index in [9.17, 15) is 10.0 Å². The molecule has 4 aliphatic rings. The van der Waals surface area contributed by atoms with Crippen molar-refractivity contribution in [2.24, 2.45) is 16.3 Å². The monoisotopic (exact) mass is 661 g/mol. The lowest BCUT2D eigenvalue weighted by Gasteiger charge is -2.42. The summed E-state index contributed by atoms with van der Waals surface area (Å²) in [6.07, 6.45) is 7.39. The summed E-state index contributed by atoms with van der Waals surface area (Å²) < 4.78 is 19.8. The number of amides is 1. The Balaban J connectivity index is 1.18. The maximum absolute atomic E-state index is 12.7. The maximum Gasteiger partial charge on any atom is 0.407 e. The van der Waals surface area contributed by atoms with Gasteiger partial charge >= 0.3 is 6.09 Å². The van der Waals surface area contributed by atoms with Crippen molar-refractivity contribution < 1.29 is 24.2 Å². The van der Waals surface area contributed by atoms with E-state index in [0.717, 1.165) is 93.0 Å². The van der Waals surface area contributed by atoms with Crippen LogP contribution < -0.4 is 20.9 Å². The van der Waals surface area contributed by atoms with Crippen molar-refractivity contribution in [3.8, 4) is 0 Å². The molecule has 3 fully saturated rings. The van der Waals surface area contributed by atoms with Crippen molar-refractivity contribution in [3.05, 3.63) is 35.5 Å². The first-order valence-corrected chi connectivity index (χ1v) is 17.2. The standard InChI is InChI=1S/C34H47N9O5/c1-21-28(38-32(44)48-33(2,3)4)34(20-47-21)13-16-41(17-14-34)25-19-36-27-30(37-25)43(26-12-5-6-18-46-26)39-31(27)42-15-8-10-22-23(29(35)40-45)9-7-11-24(22)42/h7,9,11,19,21,26,28,45H,5-6,8,10,12-18,20H2,1-4H3,(H2,35,40)(H,38,44)/t21-,26?,28+/m0/s1. The van der Waals surface area contributed by atoms with E-state index in [1.54, 1.807) is 0 Å². The zero-order valence-corrected chi connectivity index (χ0v) is 28.3. The Morgan fingerprint density at radius 3 is 2.71 bits per heavy atom. The van der Waals surface area contributed by atoms with Gasteiger partial charge in [-0.3, -0.25) is 0 Å². The number of oxime groups is 1. The zero-order valence-electron chi connectivity index (χ0n) is 28.3.